The Hall–Kier alpha value is -2.31. The van der Waals surface area contributed by atoms with Gasteiger partial charge in [-0.3, -0.25) is 9.78 Å². The van der Waals surface area contributed by atoms with Crippen molar-refractivity contribution in [3.8, 4) is 0 Å². The fraction of sp³-hybridized carbons (Fsp3) is 0.125. The van der Waals surface area contributed by atoms with E-state index in [0.717, 1.165) is 16.8 Å². The van der Waals surface area contributed by atoms with E-state index in [-0.39, 0.29) is 11.4 Å². The fourth-order valence-corrected chi connectivity index (χ4v) is 2.98. The number of thioether (sulfide) groups is 1. The van der Waals surface area contributed by atoms with Crippen LogP contribution in [0.15, 0.2) is 60.3 Å². The molecule has 1 aliphatic rings. The van der Waals surface area contributed by atoms with Crippen LogP contribution >= 0.6 is 11.8 Å². The lowest BCUT2D eigenvalue weighted by atomic mass is 10.1. The molecule has 1 aromatic carbocycles. The van der Waals surface area contributed by atoms with Gasteiger partial charge in [-0.05, 0) is 23.1 Å². The maximum Gasteiger partial charge on any atom is 0.243 e. The molecule has 0 spiro atoms. The number of nitrogens with two attached hydrogens (primary N) is 1. The monoisotopic (exact) mass is 312 g/mol. The highest BCUT2D eigenvalue weighted by molar-refractivity contribution is 8.03. The van der Waals surface area contributed by atoms with Crippen molar-refractivity contribution in [2.75, 3.05) is 0 Å². The zero-order chi connectivity index (χ0) is 15.4. The molecular formula is C16H16N4OS. The van der Waals surface area contributed by atoms with Crippen LogP contribution in [0, 0.1) is 0 Å². The van der Waals surface area contributed by atoms with Crippen molar-refractivity contribution in [2.24, 2.45) is 5.73 Å². The number of pyridine rings is 1. The minimum Gasteiger partial charge on any atom is -0.356 e. The van der Waals surface area contributed by atoms with E-state index < -0.39 is 6.04 Å². The predicted octanol–water partition coefficient (Wildman–Crippen LogP) is 1.82. The lowest BCUT2D eigenvalue weighted by molar-refractivity contribution is -0.122. The van der Waals surface area contributed by atoms with Gasteiger partial charge in [0, 0.05) is 18.0 Å². The highest BCUT2D eigenvalue weighted by Gasteiger charge is 2.23. The van der Waals surface area contributed by atoms with E-state index in [1.807, 2.05) is 47.9 Å². The summed E-state index contributed by atoms with van der Waals surface area (Å²) in [7, 11) is 0. The summed E-state index contributed by atoms with van der Waals surface area (Å²) in [5.41, 5.74) is 8.57. The van der Waals surface area contributed by atoms with Crippen LogP contribution in [0.4, 0.5) is 0 Å². The molecule has 3 rings (SSSR count). The van der Waals surface area contributed by atoms with Gasteiger partial charge in [-0.1, -0.05) is 42.1 Å². The molecule has 6 heteroatoms. The molecule has 22 heavy (non-hydrogen) atoms. The molecule has 4 N–H and O–H groups in total. The van der Waals surface area contributed by atoms with Crippen LogP contribution < -0.4 is 16.4 Å². The van der Waals surface area contributed by atoms with Crippen molar-refractivity contribution in [3.05, 3.63) is 71.4 Å². The van der Waals surface area contributed by atoms with E-state index in [0.29, 0.717) is 0 Å². The van der Waals surface area contributed by atoms with Gasteiger partial charge in [0.15, 0.2) is 5.50 Å². The minimum atomic E-state index is -0.673. The van der Waals surface area contributed by atoms with E-state index >= 15 is 0 Å². The Labute approximate surface area is 133 Å². The molecule has 2 heterocycles. The van der Waals surface area contributed by atoms with E-state index in [1.54, 1.807) is 12.4 Å². The first-order valence-corrected chi connectivity index (χ1v) is 7.82. The Bertz CT molecular complexity index is 675. The van der Waals surface area contributed by atoms with Gasteiger partial charge in [-0.2, -0.15) is 0 Å². The number of hydrogen-bond acceptors (Lipinski definition) is 5. The highest BCUT2D eigenvalue weighted by atomic mass is 32.2. The van der Waals surface area contributed by atoms with Crippen LogP contribution in [0.5, 0.6) is 0 Å². The maximum absolute atomic E-state index is 12.2. The number of aromatic nitrogens is 1. The van der Waals surface area contributed by atoms with Gasteiger partial charge in [-0.15, -0.1) is 0 Å². The molecule has 0 bridgehead atoms. The van der Waals surface area contributed by atoms with Crippen LogP contribution in [0.1, 0.15) is 17.2 Å². The van der Waals surface area contributed by atoms with Crippen molar-refractivity contribution in [3.63, 3.8) is 0 Å². The summed E-state index contributed by atoms with van der Waals surface area (Å²) in [6.07, 6.45) is 3.47. The summed E-state index contributed by atoms with van der Waals surface area (Å²) >= 11 is 1.51. The molecule has 0 radical (unpaired) electrons. The van der Waals surface area contributed by atoms with E-state index in [2.05, 4.69) is 15.6 Å². The Kier molecular flexibility index (Phi) is 4.41. The third-order valence-electron chi connectivity index (χ3n) is 3.31. The van der Waals surface area contributed by atoms with Gasteiger partial charge in [0.1, 0.15) is 6.04 Å². The Morgan fingerprint density at radius 1 is 1.23 bits per heavy atom. The van der Waals surface area contributed by atoms with Gasteiger partial charge in [0.25, 0.3) is 0 Å². The van der Waals surface area contributed by atoms with Crippen molar-refractivity contribution < 1.29 is 4.79 Å². The molecule has 0 fully saturated rings. The second-order valence-electron chi connectivity index (χ2n) is 4.82. The standard InChI is InChI=1S/C16H16N4OS/c17-14(12-4-2-1-3-5-12)15(21)20-16-19-13(10-22-16)11-6-8-18-9-7-11/h1-10,14,16,19H,17H2,(H,20,21)/t14-,16?/m1/s1. The summed E-state index contributed by atoms with van der Waals surface area (Å²) in [6.45, 7) is 0. The second-order valence-corrected chi connectivity index (χ2v) is 5.80. The number of carbonyl (C=O) groups is 1. The second kappa shape index (κ2) is 6.64. The van der Waals surface area contributed by atoms with Crippen LogP contribution in [0.2, 0.25) is 0 Å². The average molecular weight is 312 g/mol. The number of amides is 1. The van der Waals surface area contributed by atoms with Gasteiger partial charge in [-0.25, -0.2) is 0 Å². The van der Waals surface area contributed by atoms with E-state index in [9.17, 15) is 4.79 Å². The third-order valence-corrected chi connectivity index (χ3v) is 4.19. The maximum atomic E-state index is 12.2. The SMILES string of the molecule is N[C@@H](C(=O)NC1NC(c2ccncc2)=CS1)c1ccccc1. The van der Waals surface area contributed by atoms with E-state index in [1.165, 1.54) is 11.8 Å². The lowest BCUT2D eigenvalue weighted by Crippen LogP contribution is -2.44. The molecule has 1 aliphatic heterocycles. The summed E-state index contributed by atoms with van der Waals surface area (Å²) in [5.74, 6) is -0.208. The zero-order valence-electron chi connectivity index (χ0n) is 11.8. The van der Waals surface area contributed by atoms with E-state index in [4.69, 9.17) is 5.73 Å². The molecule has 0 saturated carbocycles. The number of nitrogens with one attached hydrogen (secondary N) is 2. The Morgan fingerprint density at radius 2 is 1.95 bits per heavy atom. The van der Waals surface area contributed by atoms with Gasteiger partial charge >= 0.3 is 0 Å². The predicted molar refractivity (Wildman–Crippen MR) is 88.2 cm³/mol. The number of nitrogens with zero attached hydrogens (tertiary/aromatic N) is 1. The molecule has 5 nitrogen and oxygen atoms in total. The third kappa shape index (κ3) is 3.29. The Morgan fingerprint density at radius 3 is 2.68 bits per heavy atom. The highest BCUT2D eigenvalue weighted by Crippen LogP contribution is 2.25. The van der Waals surface area contributed by atoms with Gasteiger partial charge < -0.3 is 16.4 Å². The quantitative estimate of drug-likeness (QED) is 0.802. The number of hydrogen-bond donors (Lipinski definition) is 3. The summed E-state index contributed by atoms with van der Waals surface area (Å²) < 4.78 is 0. The number of rotatable bonds is 4. The topological polar surface area (TPSA) is 80.0 Å². The zero-order valence-corrected chi connectivity index (χ0v) is 12.6. The molecule has 1 aromatic heterocycles. The normalized spacial score (nSPS) is 18.2. The van der Waals surface area contributed by atoms with Crippen molar-refractivity contribution in [1.82, 2.24) is 15.6 Å². The largest absolute Gasteiger partial charge is 0.356 e. The molecule has 1 unspecified atom stereocenters. The van der Waals surface area contributed by atoms with Crippen LogP contribution in [-0.2, 0) is 4.79 Å². The molecule has 0 aliphatic carbocycles. The molecular weight excluding hydrogens is 296 g/mol. The van der Waals surface area contributed by atoms with Crippen molar-refractivity contribution in [2.45, 2.75) is 11.5 Å². The molecule has 112 valence electrons. The smallest absolute Gasteiger partial charge is 0.243 e. The molecule has 0 saturated heterocycles. The van der Waals surface area contributed by atoms with Crippen molar-refractivity contribution in [1.29, 1.82) is 0 Å². The molecule has 2 atom stereocenters. The summed E-state index contributed by atoms with van der Waals surface area (Å²) in [4.78, 5) is 16.2. The first-order chi connectivity index (χ1) is 10.7. The summed E-state index contributed by atoms with van der Waals surface area (Å²) in [6, 6.07) is 12.5. The molecule has 1 amide bonds. The van der Waals surface area contributed by atoms with Gasteiger partial charge in [0.2, 0.25) is 5.91 Å². The van der Waals surface area contributed by atoms with Crippen molar-refractivity contribution >= 4 is 23.4 Å². The number of benzene rings is 1. The van der Waals surface area contributed by atoms with Gasteiger partial charge in [0.05, 0.1) is 5.70 Å². The summed E-state index contributed by atoms with van der Waals surface area (Å²) in [5, 5.41) is 8.13. The minimum absolute atomic E-state index is 0.208. The average Bonchev–Trinajstić information content (AvgIpc) is 3.04. The fourth-order valence-electron chi connectivity index (χ4n) is 2.13. The Balaban J connectivity index is 1.58. The molecule has 2 aromatic rings. The number of carbonyl (C=O) groups excluding carboxylic acids is 1. The first kappa shape index (κ1) is 14.6. The van der Waals surface area contributed by atoms with Crippen LogP contribution in [0.25, 0.3) is 5.70 Å². The van der Waals surface area contributed by atoms with Crippen LogP contribution in [0.3, 0.4) is 0 Å². The first-order valence-electron chi connectivity index (χ1n) is 6.87. The lowest BCUT2D eigenvalue weighted by Gasteiger charge is -2.18. The van der Waals surface area contributed by atoms with Crippen LogP contribution in [-0.4, -0.2) is 16.4 Å².